The van der Waals surface area contributed by atoms with Crippen LogP contribution in [-0.4, -0.2) is 36.7 Å². The number of hydrogen-bond donors (Lipinski definition) is 1. The highest BCUT2D eigenvalue weighted by atomic mass is 16.5. The van der Waals surface area contributed by atoms with E-state index in [1.54, 1.807) is 0 Å². The minimum Gasteiger partial charge on any atom is -0.494 e. The van der Waals surface area contributed by atoms with Gasteiger partial charge in [0.2, 0.25) is 0 Å². The minimum absolute atomic E-state index is 0.645. The standard InChI is InChI=1S/C21H32N2O/c1-2-14-22-18(5-1)13-16-24-20-11-9-17(10-12-20)21-8-3-6-19-7-4-15-23(19)21/h9-12,18-19,21-22H,1-8,13-16H2. The van der Waals surface area contributed by atoms with Crippen LogP contribution < -0.4 is 10.1 Å². The number of rotatable bonds is 5. The lowest BCUT2D eigenvalue weighted by Gasteiger charge is -2.38. The lowest BCUT2D eigenvalue weighted by atomic mass is 9.92. The van der Waals surface area contributed by atoms with E-state index in [-0.39, 0.29) is 0 Å². The van der Waals surface area contributed by atoms with Gasteiger partial charge in [0.25, 0.3) is 0 Å². The topological polar surface area (TPSA) is 24.5 Å². The van der Waals surface area contributed by atoms with Gasteiger partial charge in [-0.3, -0.25) is 4.90 Å². The number of benzene rings is 1. The molecule has 3 unspecified atom stereocenters. The number of piperidine rings is 2. The molecule has 3 aliphatic heterocycles. The van der Waals surface area contributed by atoms with Crippen molar-refractivity contribution in [1.29, 1.82) is 0 Å². The van der Waals surface area contributed by atoms with Gasteiger partial charge < -0.3 is 10.1 Å². The van der Waals surface area contributed by atoms with Crippen LogP contribution in [0, 0.1) is 0 Å². The second-order valence-corrected chi connectivity index (χ2v) is 7.83. The maximum atomic E-state index is 5.98. The van der Waals surface area contributed by atoms with E-state index in [1.165, 1.54) is 70.0 Å². The van der Waals surface area contributed by atoms with E-state index in [2.05, 4.69) is 34.5 Å². The van der Waals surface area contributed by atoms with Crippen LogP contribution in [0.5, 0.6) is 5.75 Å². The third kappa shape index (κ3) is 3.78. The average molecular weight is 329 g/mol. The van der Waals surface area contributed by atoms with Crippen molar-refractivity contribution in [3.63, 3.8) is 0 Å². The van der Waals surface area contributed by atoms with Crippen LogP contribution in [0.4, 0.5) is 0 Å². The van der Waals surface area contributed by atoms with Crippen molar-refractivity contribution in [3.05, 3.63) is 29.8 Å². The van der Waals surface area contributed by atoms with Crippen LogP contribution in [0.15, 0.2) is 24.3 Å². The Morgan fingerprint density at radius 3 is 2.67 bits per heavy atom. The van der Waals surface area contributed by atoms with Gasteiger partial charge in [0.15, 0.2) is 0 Å². The maximum Gasteiger partial charge on any atom is 0.119 e. The van der Waals surface area contributed by atoms with Crippen molar-refractivity contribution < 1.29 is 4.74 Å². The molecule has 0 saturated carbocycles. The summed E-state index contributed by atoms with van der Waals surface area (Å²) in [7, 11) is 0. The molecule has 3 fully saturated rings. The fourth-order valence-electron chi connectivity index (χ4n) is 4.92. The second kappa shape index (κ2) is 7.88. The summed E-state index contributed by atoms with van der Waals surface area (Å²) in [5.41, 5.74) is 1.49. The van der Waals surface area contributed by atoms with E-state index in [1.807, 2.05) is 0 Å². The largest absolute Gasteiger partial charge is 0.494 e. The SMILES string of the molecule is c1cc(C2CCCC3CCCN32)ccc1OCCC1CCCCN1. The summed E-state index contributed by atoms with van der Waals surface area (Å²) in [6, 6.07) is 11.1. The number of fused-ring (bicyclic) bond motifs is 1. The van der Waals surface area contributed by atoms with Crippen LogP contribution in [0.3, 0.4) is 0 Å². The number of nitrogens with one attached hydrogen (secondary N) is 1. The Kier molecular flexibility index (Phi) is 5.39. The molecule has 0 spiro atoms. The Balaban J connectivity index is 1.29. The predicted octanol–water partition coefficient (Wildman–Crippen LogP) is 4.29. The molecule has 3 atom stereocenters. The molecular weight excluding hydrogens is 296 g/mol. The molecule has 132 valence electrons. The molecule has 0 amide bonds. The fraction of sp³-hybridized carbons (Fsp3) is 0.714. The molecule has 0 aromatic heterocycles. The lowest BCUT2D eigenvalue weighted by Crippen LogP contribution is -2.37. The Labute approximate surface area is 146 Å². The first-order valence-corrected chi connectivity index (χ1v) is 10.1. The molecule has 1 aromatic rings. The van der Waals surface area contributed by atoms with Crippen molar-refractivity contribution in [2.75, 3.05) is 19.7 Å². The van der Waals surface area contributed by atoms with Gasteiger partial charge in [-0.15, -0.1) is 0 Å². The minimum atomic E-state index is 0.645. The Hall–Kier alpha value is -1.06. The van der Waals surface area contributed by atoms with Crippen molar-refractivity contribution in [3.8, 4) is 5.75 Å². The molecule has 3 aliphatic rings. The van der Waals surface area contributed by atoms with E-state index >= 15 is 0 Å². The van der Waals surface area contributed by atoms with Gasteiger partial charge in [0, 0.05) is 18.1 Å². The van der Waals surface area contributed by atoms with Crippen LogP contribution in [0.1, 0.15) is 69.4 Å². The molecule has 1 aromatic carbocycles. The summed E-state index contributed by atoms with van der Waals surface area (Å²) >= 11 is 0. The highest BCUT2D eigenvalue weighted by molar-refractivity contribution is 5.29. The number of ether oxygens (including phenoxy) is 1. The first-order valence-electron chi connectivity index (χ1n) is 10.1. The van der Waals surface area contributed by atoms with Crippen LogP contribution in [0.2, 0.25) is 0 Å². The van der Waals surface area contributed by atoms with E-state index in [4.69, 9.17) is 4.74 Å². The lowest BCUT2D eigenvalue weighted by molar-refractivity contribution is 0.123. The number of nitrogens with zero attached hydrogens (tertiary/aromatic N) is 1. The smallest absolute Gasteiger partial charge is 0.119 e. The second-order valence-electron chi connectivity index (χ2n) is 7.83. The van der Waals surface area contributed by atoms with Gasteiger partial charge in [-0.2, -0.15) is 0 Å². The molecule has 3 heteroatoms. The zero-order valence-electron chi connectivity index (χ0n) is 14.9. The molecule has 3 saturated heterocycles. The molecule has 1 N–H and O–H groups in total. The van der Waals surface area contributed by atoms with Gasteiger partial charge in [-0.25, -0.2) is 0 Å². The Morgan fingerprint density at radius 2 is 1.83 bits per heavy atom. The van der Waals surface area contributed by atoms with Crippen molar-refractivity contribution in [1.82, 2.24) is 10.2 Å². The highest BCUT2D eigenvalue weighted by Crippen LogP contribution is 2.39. The number of hydrogen-bond acceptors (Lipinski definition) is 3. The van der Waals surface area contributed by atoms with Gasteiger partial charge in [-0.1, -0.05) is 18.6 Å². The zero-order valence-corrected chi connectivity index (χ0v) is 14.9. The third-order valence-electron chi connectivity index (χ3n) is 6.25. The van der Waals surface area contributed by atoms with Crippen LogP contribution in [0.25, 0.3) is 0 Å². The molecule has 3 heterocycles. The van der Waals surface area contributed by atoms with Gasteiger partial charge in [0.1, 0.15) is 5.75 Å². The Morgan fingerprint density at radius 1 is 0.958 bits per heavy atom. The van der Waals surface area contributed by atoms with E-state index in [0.29, 0.717) is 12.1 Å². The normalized spacial score (nSPS) is 30.9. The third-order valence-corrected chi connectivity index (χ3v) is 6.25. The molecule has 0 bridgehead atoms. The van der Waals surface area contributed by atoms with E-state index in [9.17, 15) is 0 Å². The van der Waals surface area contributed by atoms with E-state index < -0.39 is 0 Å². The molecular formula is C21H32N2O. The van der Waals surface area contributed by atoms with Crippen LogP contribution >= 0.6 is 0 Å². The maximum absolute atomic E-state index is 5.98. The molecule has 4 rings (SSSR count). The van der Waals surface area contributed by atoms with Gasteiger partial charge in [-0.05, 0) is 82.2 Å². The highest BCUT2D eigenvalue weighted by Gasteiger charge is 2.34. The Bertz CT molecular complexity index is 509. The summed E-state index contributed by atoms with van der Waals surface area (Å²) in [6.45, 7) is 3.30. The van der Waals surface area contributed by atoms with Crippen molar-refractivity contribution in [2.45, 2.75) is 75.9 Å². The fourth-order valence-corrected chi connectivity index (χ4v) is 4.92. The summed E-state index contributed by atoms with van der Waals surface area (Å²) in [4.78, 5) is 2.76. The summed E-state index contributed by atoms with van der Waals surface area (Å²) in [5.74, 6) is 1.03. The average Bonchev–Trinajstić information content (AvgIpc) is 3.12. The quantitative estimate of drug-likeness (QED) is 0.873. The molecule has 3 nitrogen and oxygen atoms in total. The zero-order chi connectivity index (χ0) is 16.2. The van der Waals surface area contributed by atoms with Crippen molar-refractivity contribution >= 4 is 0 Å². The van der Waals surface area contributed by atoms with Crippen LogP contribution in [-0.2, 0) is 0 Å². The molecule has 0 radical (unpaired) electrons. The molecule has 0 aliphatic carbocycles. The summed E-state index contributed by atoms with van der Waals surface area (Å²) in [6.07, 6.45) is 12.0. The summed E-state index contributed by atoms with van der Waals surface area (Å²) in [5, 5.41) is 3.59. The predicted molar refractivity (Wildman–Crippen MR) is 98.5 cm³/mol. The first kappa shape index (κ1) is 16.4. The summed E-state index contributed by atoms with van der Waals surface area (Å²) < 4.78 is 5.98. The first-order chi connectivity index (χ1) is 11.9. The monoisotopic (exact) mass is 328 g/mol. The molecule has 24 heavy (non-hydrogen) atoms. The van der Waals surface area contributed by atoms with E-state index in [0.717, 1.165) is 24.8 Å². The van der Waals surface area contributed by atoms with Crippen molar-refractivity contribution in [2.24, 2.45) is 0 Å². The van der Waals surface area contributed by atoms with Gasteiger partial charge in [0.05, 0.1) is 6.61 Å². The van der Waals surface area contributed by atoms with Gasteiger partial charge >= 0.3 is 0 Å².